The maximum atomic E-state index is 12.3. The number of thioether (sulfide) groups is 1. The molecule has 0 radical (unpaired) electrons. The molecule has 1 aromatic carbocycles. The van der Waals surface area contributed by atoms with Gasteiger partial charge in [0.05, 0.1) is 5.52 Å². The second-order valence-electron chi connectivity index (χ2n) is 6.27. The average molecular weight is 407 g/mol. The van der Waals surface area contributed by atoms with E-state index in [0.29, 0.717) is 11.3 Å². The number of benzene rings is 1. The van der Waals surface area contributed by atoms with Crippen LogP contribution in [-0.4, -0.2) is 28.1 Å². The average Bonchev–Trinajstić information content (AvgIpc) is 2.50. The third-order valence-electron chi connectivity index (χ3n) is 3.05. The van der Waals surface area contributed by atoms with Gasteiger partial charge < -0.3 is 10.1 Å². The molecule has 6 heteroatoms. The Kier molecular flexibility index (Phi) is 5.79. The third-order valence-corrected chi connectivity index (χ3v) is 4.39. The van der Waals surface area contributed by atoms with Crippen molar-refractivity contribution in [3.05, 3.63) is 34.4 Å². The van der Waals surface area contributed by atoms with Crippen molar-refractivity contribution in [1.82, 2.24) is 10.3 Å². The van der Waals surface area contributed by atoms with Crippen LogP contribution in [-0.2, 0) is 4.79 Å². The molecular formula is C18H19BrN2O2S. The van der Waals surface area contributed by atoms with E-state index in [2.05, 4.69) is 32.2 Å². The van der Waals surface area contributed by atoms with Gasteiger partial charge in [0.1, 0.15) is 5.75 Å². The Labute approximate surface area is 154 Å². The highest BCUT2D eigenvalue weighted by atomic mass is 79.9. The molecule has 1 heterocycles. The van der Waals surface area contributed by atoms with Gasteiger partial charge in [0, 0.05) is 27.2 Å². The minimum absolute atomic E-state index is 0.165. The zero-order valence-electron chi connectivity index (χ0n) is 14.0. The molecule has 1 N–H and O–H groups in total. The summed E-state index contributed by atoms with van der Waals surface area (Å²) in [6, 6.07) is 5.50. The Balaban J connectivity index is 2.31. The summed E-state index contributed by atoms with van der Waals surface area (Å²) in [6.07, 6.45) is 8.91. The lowest BCUT2D eigenvalue weighted by molar-refractivity contribution is -0.125. The van der Waals surface area contributed by atoms with Crippen LogP contribution in [0.1, 0.15) is 26.3 Å². The van der Waals surface area contributed by atoms with Gasteiger partial charge in [-0.25, -0.2) is 0 Å². The fourth-order valence-corrected chi connectivity index (χ4v) is 3.12. The Bertz CT molecular complexity index is 809. The molecular weight excluding hydrogens is 388 g/mol. The SMILES string of the molecule is C#Cc1cnc2c(Br)cc(OC(SC)C(=O)NC(C)(C)C)cc2c1. The maximum Gasteiger partial charge on any atom is 0.272 e. The van der Waals surface area contributed by atoms with Crippen LogP contribution in [0, 0.1) is 12.3 Å². The molecule has 1 atom stereocenters. The lowest BCUT2D eigenvalue weighted by atomic mass is 10.1. The molecule has 0 saturated heterocycles. The van der Waals surface area contributed by atoms with Crippen molar-refractivity contribution in [3.8, 4) is 18.1 Å². The Hall–Kier alpha value is -1.71. The second kappa shape index (κ2) is 7.45. The van der Waals surface area contributed by atoms with Crippen LogP contribution in [0.15, 0.2) is 28.9 Å². The van der Waals surface area contributed by atoms with Crippen LogP contribution >= 0.6 is 27.7 Å². The highest BCUT2D eigenvalue weighted by Gasteiger charge is 2.24. The molecule has 126 valence electrons. The zero-order valence-corrected chi connectivity index (χ0v) is 16.4. The van der Waals surface area contributed by atoms with Crippen LogP contribution < -0.4 is 10.1 Å². The number of nitrogens with zero attached hydrogens (tertiary/aromatic N) is 1. The molecule has 0 aliphatic heterocycles. The van der Waals surface area contributed by atoms with Gasteiger partial charge >= 0.3 is 0 Å². The number of rotatable bonds is 4. The summed E-state index contributed by atoms with van der Waals surface area (Å²) < 4.78 is 6.66. The van der Waals surface area contributed by atoms with Gasteiger partial charge in [0.25, 0.3) is 5.91 Å². The van der Waals surface area contributed by atoms with E-state index in [4.69, 9.17) is 11.2 Å². The van der Waals surface area contributed by atoms with E-state index in [9.17, 15) is 4.79 Å². The summed E-state index contributed by atoms with van der Waals surface area (Å²) >= 11 is 4.83. The number of nitrogens with one attached hydrogen (secondary N) is 1. The molecule has 0 spiro atoms. The predicted octanol–water partition coefficient (Wildman–Crippen LogP) is 3.96. The van der Waals surface area contributed by atoms with Gasteiger partial charge in [-0.2, -0.15) is 0 Å². The number of pyridine rings is 1. The number of hydrogen-bond donors (Lipinski definition) is 1. The number of halogens is 1. The lowest BCUT2D eigenvalue weighted by Crippen LogP contribution is -2.46. The van der Waals surface area contributed by atoms with Gasteiger partial charge in [0.15, 0.2) is 0 Å². The number of carbonyl (C=O) groups excluding carboxylic acids is 1. The Morgan fingerprint density at radius 3 is 2.71 bits per heavy atom. The first-order chi connectivity index (χ1) is 11.2. The molecule has 2 rings (SSSR count). The highest BCUT2D eigenvalue weighted by Crippen LogP contribution is 2.30. The molecule has 0 aliphatic carbocycles. The summed E-state index contributed by atoms with van der Waals surface area (Å²) in [5.74, 6) is 2.98. The van der Waals surface area contributed by atoms with E-state index < -0.39 is 5.44 Å². The smallest absolute Gasteiger partial charge is 0.272 e. The fraction of sp³-hybridized carbons (Fsp3) is 0.333. The van der Waals surface area contributed by atoms with E-state index >= 15 is 0 Å². The van der Waals surface area contributed by atoms with Crippen molar-refractivity contribution >= 4 is 44.5 Å². The van der Waals surface area contributed by atoms with E-state index in [0.717, 1.165) is 15.4 Å². The van der Waals surface area contributed by atoms with Crippen LogP contribution in [0.4, 0.5) is 0 Å². The quantitative estimate of drug-likeness (QED) is 0.616. The lowest BCUT2D eigenvalue weighted by Gasteiger charge is -2.24. The molecule has 4 nitrogen and oxygen atoms in total. The van der Waals surface area contributed by atoms with Gasteiger partial charge in [-0.05, 0) is 61.2 Å². The molecule has 1 aromatic heterocycles. The third kappa shape index (κ3) is 4.65. The first-order valence-corrected chi connectivity index (χ1v) is 9.39. The van der Waals surface area contributed by atoms with E-state index in [1.54, 1.807) is 12.3 Å². The van der Waals surface area contributed by atoms with Gasteiger partial charge in [-0.1, -0.05) is 5.92 Å². The molecule has 1 amide bonds. The minimum atomic E-state index is -0.641. The minimum Gasteiger partial charge on any atom is -0.470 e. The Morgan fingerprint density at radius 1 is 1.42 bits per heavy atom. The topological polar surface area (TPSA) is 51.2 Å². The summed E-state index contributed by atoms with van der Waals surface area (Å²) in [5, 5.41) is 3.78. The fourth-order valence-electron chi connectivity index (χ4n) is 2.09. The number of terminal acetylenes is 1. The van der Waals surface area contributed by atoms with Gasteiger partial charge in [0.2, 0.25) is 5.44 Å². The number of amides is 1. The van der Waals surface area contributed by atoms with Gasteiger partial charge in [-0.3, -0.25) is 9.78 Å². The summed E-state index contributed by atoms with van der Waals surface area (Å²) in [5.41, 5.74) is 0.529. The number of fused-ring (bicyclic) bond motifs is 1. The summed E-state index contributed by atoms with van der Waals surface area (Å²) in [7, 11) is 0. The molecule has 0 aliphatic rings. The second-order valence-corrected chi connectivity index (χ2v) is 8.02. The van der Waals surface area contributed by atoms with Crippen molar-refractivity contribution in [3.63, 3.8) is 0 Å². The summed E-state index contributed by atoms with van der Waals surface area (Å²) in [6.45, 7) is 5.80. The van der Waals surface area contributed by atoms with Crippen molar-refractivity contribution in [1.29, 1.82) is 0 Å². The monoisotopic (exact) mass is 406 g/mol. The largest absolute Gasteiger partial charge is 0.470 e. The Morgan fingerprint density at radius 2 is 2.12 bits per heavy atom. The van der Waals surface area contributed by atoms with E-state index in [-0.39, 0.29) is 11.4 Å². The number of ether oxygens (including phenoxy) is 1. The van der Waals surface area contributed by atoms with E-state index in [1.165, 1.54) is 11.8 Å². The molecule has 0 saturated carbocycles. The van der Waals surface area contributed by atoms with Crippen molar-refractivity contribution < 1.29 is 9.53 Å². The van der Waals surface area contributed by atoms with Crippen LogP contribution in [0.2, 0.25) is 0 Å². The van der Waals surface area contributed by atoms with Crippen LogP contribution in [0.25, 0.3) is 10.9 Å². The summed E-state index contributed by atoms with van der Waals surface area (Å²) in [4.78, 5) is 16.7. The van der Waals surface area contributed by atoms with Crippen LogP contribution in [0.3, 0.4) is 0 Å². The standard InChI is InChI=1S/C18H19BrN2O2S/c1-6-11-7-12-8-13(9-14(19)15(12)20-10-11)23-17(24-5)16(22)21-18(2,3)4/h1,7-10,17H,2-5H3,(H,21,22). The molecule has 0 bridgehead atoms. The maximum absolute atomic E-state index is 12.3. The molecule has 24 heavy (non-hydrogen) atoms. The number of hydrogen-bond acceptors (Lipinski definition) is 4. The first-order valence-electron chi connectivity index (χ1n) is 7.31. The predicted molar refractivity (Wildman–Crippen MR) is 103 cm³/mol. The van der Waals surface area contributed by atoms with Crippen molar-refractivity contribution in [2.75, 3.05) is 6.26 Å². The van der Waals surface area contributed by atoms with Gasteiger partial charge in [-0.15, -0.1) is 18.2 Å². The van der Waals surface area contributed by atoms with Crippen LogP contribution in [0.5, 0.6) is 5.75 Å². The number of carbonyl (C=O) groups is 1. The van der Waals surface area contributed by atoms with E-state index in [1.807, 2.05) is 39.2 Å². The highest BCUT2D eigenvalue weighted by molar-refractivity contribution is 9.10. The molecule has 1 unspecified atom stereocenters. The number of aromatic nitrogens is 1. The zero-order chi connectivity index (χ0) is 17.9. The first kappa shape index (κ1) is 18.6. The molecule has 2 aromatic rings. The van der Waals surface area contributed by atoms with Crippen molar-refractivity contribution in [2.45, 2.75) is 31.7 Å². The van der Waals surface area contributed by atoms with Crippen molar-refractivity contribution in [2.24, 2.45) is 0 Å². The normalized spacial score (nSPS) is 12.5. The molecule has 0 fully saturated rings.